The summed E-state index contributed by atoms with van der Waals surface area (Å²) >= 11 is 0. The monoisotopic (exact) mass is 309 g/mol. The number of aromatic nitrogens is 1. The molecule has 0 amide bonds. The van der Waals surface area contributed by atoms with E-state index in [1.165, 1.54) is 12.3 Å². The van der Waals surface area contributed by atoms with Crippen molar-refractivity contribution in [1.29, 1.82) is 0 Å². The van der Waals surface area contributed by atoms with Crippen LogP contribution in [0.15, 0.2) is 36.5 Å². The van der Waals surface area contributed by atoms with E-state index in [1.54, 1.807) is 0 Å². The number of aliphatic carboxylic acids is 1. The number of aryl methyl sites for hydroxylation is 1. The molecule has 0 unspecified atom stereocenters. The Morgan fingerprint density at radius 1 is 1.09 bits per heavy atom. The van der Waals surface area contributed by atoms with E-state index in [9.17, 15) is 14.7 Å². The highest BCUT2D eigenvalue weighted by Crippen LogP contribution is 2.18. The molecule has 0 radical (unpaired) electrons. The van der Waals surface area contributed by atoms with Crippen molar-refractivity contribution >= 4 is 11.8 Å². The van der Waals surface area contributed by atoms with Crippen LogP contribution in [0.2, 0.25) is 0 Å². The van der Waals surface area contributed by atoms with E-state index in [-0.39, 0.29) is 24.3 Å². The molecule has 2 rings (SSSR count). The molecule has 5 nitrogen and oxygen atoms in total. The number of hydrogen-bond acceptors (Lipinski definition) is 4. The van der Waals surface area contributed by atoms with E-state index in [2.05, 4.69) is 16.8 Å². The summed E-state index contributed by atoms with van der Waals surface area (Å²) in [6.45, 7) is 1.99. The summed E-state index contributed by atoms with van der Waals surface area (Å²) in [6.07, 6.45) is 0.883. The first-order chi connectivity index (χ1) is 11.0. The minimum Gasteiger partial charge on any atom is -0.506 e. The number of rotatable bonds is 4. The summed E-state index contributed by atoms with van der Waals surface area (Å²) in [6, 6.07) is 9.02. The lowest BCUT2D eigenvalue weighted by Crippen LogP contribution is -2.06. The maximum atomic E-state index is 11.8. The van der Waals surface area contributed by atoms with E-state index in [0.717, 1.165) is 11.1 Å². The fourth-order valence-electron chi connectivity index (χ4n) is 1.86. The first kappa shape index (κ1) is 16.2. The van der Waals surface area contributed by atoms with E-state index in [1.807, 2.05) is 31.2 Å². The fourth-order valence-corrected chi connectivity index (χ4v) is 1.86. The Kier molecular flexibility index (Phi) is 5.11. The van der Waals surface area contributed by atoms with Crippen molar-refractivity contribution in [3.63, 3.8) is 0 Å². The molecule has 0 aliphatic heterocycles. The number of Topliss-reactive ketones (excluding diaryl/α,β-unsaturated/α-hetero) is 1. The number of benzene rings is 1. The molecule has 23 heavy (non-hydrogen) atoms. The van der Waals surface area contributed by atoms with Crippen LogP contribution in [0.3, 0.4) is 0 Å². The van der Waals surface area contributed by atoms with Gasteiger partial charge >= 0.3 is 5.97 Å². The van der Waals surface area contributed by atoms with Gasteiger partial charge in [-0.2, -0.15) is 0 Å². The van der Waals surface area contributed by atoms with Crippen molar-refractivity contribution in [2.45, 2.75) is 19.8 Å². The number of carbonyl (C=O) groups is 2. The van der Waals surface area contributed by atoms with Gasteiger partial charge in [0.1, 0.15) is 11.4 Å². The molecule has 2 aromatic rings. The summed E-state index contributed by atoms with van der Waals surface area (Å²) in [5, 5.41) is 18.4. The predicted octanol–water partition coefficient (Wildman–Crippen LogP) is 2.54. The van der Waals surface area contributed by atoms with Crippen molar-refractivity contribution in [2.75, 3.05) is 0 Å². The molecule has 1 aromatic carbocycles. The second-order valence-corrected chi connectivity index (χ2v) is 5.02. The number of nitrogens with zero attached hydrogens (tertiary/aromatic N) is 1. The van der Waals surface area contributed by atoms with Gasteiger partial charge in [-0.05, 0) is 25.1 Å². The van der Waals surface area contributed by atoms with Gasteiger partial charge in [0.2, 0.25) is 0 Å². The van der Waals surface area contributed by atoms with E-state index in [4.69, 9.17) is 5.11 Å². The van der Waals surface area contributed by atoms with Gasteiger partial charge in [0.05, 0.1) is 6.42 Å². The molecule has 116 valence electrons. The minimum absolute atomic E-state index is 0.132. The second kappa shape index (κ2) is 7.23. The molecule has 0 saturated carbocycles. The largest absolute Gasteiger partial charge is 0.506 e. The summed E-state index contributed by atoms with van der Waals surface area (Å²) in [5.74, 6) is 3.92. The van der Waals surface area contributed by atoms with E-state index < -0.39 is 11.8 Å². The number of hydrogen-bond donors (Lipinski definition) is 2. The fraction of sp³-hybridized carbons (Fsp3) is 0.167. The Bertz CT molecular complexity index is 798. The van der Waals surface area contributed by atoms with Crippen molar-refractivity contribution in [3.8, 4) is 17.6 Å². The van der Waals surface area contributed by atoms with Crippen LogP contribution in [0.5, 0.6) is 5.75 Å². The van der Waals surface area contributed by atoms with Crippen LogP contribution in [0.25, 0.3) is 0 Å². The maximum Gasteiger partial charge on any atom is 0.303 e. The van der Waals surface area contributed by atoms with Crippen LogP contribution in [-0.4, -0.2) is 26.9 Å². The molecule has 2 N–H and O–H groups in total. The van der Waals surface area contributed by atoms with Gasteiger partial charge < -0.3 is 10.2 Å². The number of carboxylic acids is 1. The van der Waals surface area contributed by atoms with E-state index in [0.29, 0.717) is 5.56 Å². The predicted molar refractivity (Wildman–Crippen MR) is 84.3 cm³/mol. The number of pyridine rings is 1. The number of ketones is 1. The zero-order chi connectivity index (χ0) is 16.8. The van der Waals surface area contributed by atoms with Crippen LogP contribution in [0.4, 0.5) is 0 Å². The summed E-state index contributed by atoms with van der Waals surface area (Å²) in [4.78, 5) is 26.1. The second-order valence-electron chi connectivity index (χ2n) is 5.02. The molecule has 0 aliphatic carbocycles. The van der Waals surface area contributed by atoms with Gasteiger partial charge in [0.25, 0.3) is 0 Å². The molecule has 1 heterocycles. The molecule has 0 spiro atoms. The SMILES string of the molecule is Cc1ccc(C#Cc2cnc(C(=O)CCC(=O)O)c(O)c2)cc1. The lowest BCUT2D eigenvalue weighted by Gasteiger charge is -2.02. The average Bonchev–Trinajstić information content (AvgIpc) is 2.52. The van der Waals surface area contributed by atoms with Gasteiger partial charge in [0, 0.05) is 23.7 Å². The third-order valence-corrected chi connectivity index (χ3v) is 3.10. The van der Waals surface area contributed by atoms with Crippen molar-refractivity contribution in [3.05, 3.63) is 58.9 Å². The minimum atomic E-state index is -1.07. The Hall–Kier alpha value is -3.13. The van der Waals surface area contributed by atoms with Crippen LogP contribution in [0.1, 0.15) is 40.0 Å². The lowest BCUT2D eigenvalue weighted by molar-refractivity contribution is -0.136. The number of carbonyl (C=O) groups excluding carboxylic acids is 1. The third-order valence-electron chi connectivity index (χ3n) is 3.10. The molecule has 1 aromatic heterocycles. The van der Waals surface area contributed by atoms with Crippen LogP contribution in [-0.2, 0) is 4.79 Å². The molecule has 0 bridgehead atoms. The first-order valence-electron chi connectivity index (χ1n) is 6.98. The third kappa shape index (κ3) is 4.68. The zero-order valence-electron chi connectivity index (χ0n) is 12.5. The van der Waals surface area contributed by atoms with Gasteiger partial charge in [0.15, 0.2) is 5.78 Å². The Labute approximate surface area is 133 Å². The zero-order valence-corrected chi connectivity index (χ0v) is 12.5. The molecule has 0 aliphatic rings. The Morgan fingerprint density at radius 3 is 2.35 bits per heavy atom. The van der Waals surface area contributed by atoms with E-state index >= 15 is 0 Å². The standard InChI is InChI=1S/C18H15NO4/c1-12-2-4-13(5-3-12)6-7-14-10-16(21)18(19-11-14)15(20)8-9-17(22)23/h2-5,10-11,21H,8-9H2,1H3,(H,22,23). The van der Waals surface area contributed by atoms with Crippen molar-refractivity contribution in [2.24, 2.45) is 0 Å². The first-order valence-corrected chi connectivity index (χ1v) is 6.98. The van der Waals surface area contributed by atoms with Gasteiger partial charge in [-0.1, -0.05) is 29.5 Å². The quantitative estimate of drug-likeness (QED) is 0.669. The normalized spacial score (nSPS) is 9.78. The Morgan fingerprint density at radius 2 is 1.74 bits per heavy atom. The highest BCUT2D eigenvalue weighted by atomic mass is 16.4. The highest BCUT2D eigenvalue weighted by molar-refractivity contribution is 5.98. The Balaban J connectivity index is 2.15. The van der Waals surface area contributed by atoms with Gasteiger partial charge in [-0.25, -0.2) is 4.98 Å². The molecule has 5 heteroatoms. The average molecular weight is 309 g/mol. The van der Waals surface area contributed by atoms with Gasteiger partial charge in [-0.3, -0.25) is 9.59 Å². The molecule has 0 atom stereocenters. The molecule has 0 saturated heterocycles. The molecular weight excluding hydrogens is 294 g/mol. The smallest absolute Gasteiger partial charge is 0.303 e. The van der Waals surface area contributed by atoms with Crippen LogP contribution < -0.4 is 0 Å². The topological polar surface area (TPSA) is 87.5 Å². The van der Waals surface area contributed by atoms with Crippen molar-refractivity contribution < 1.29 is 19.8 Å². The lowest BCUT2D eigenvalue weighted by atomic mass is 10.1. The number of carboxylic acid groups (broad SMARTS) is 1. The van der Waals surface area contributed by atoms with Crippen LogP contribution in [0, 0.1) is 18.8 Å². The molecular formula is C18H15NO4. The molecule has 0 fully saturated rings. The summed E-state index contributed by atoms with van der Waals surface area (Å²) in [7, 11) is 0. The maximum absolute atomic E-state index is 11.8. The van der Waals surface area contributed by atoms with Crippen molar-refractivity contribution in [1.82, 2.24) is 4.98 Å². The summed E-state index contributed by atoms with van der Waals surface area (Å²) in [5.41, 5.74) is 2.31. The highest BCUT2D eigenvalue weighted by Gasteiger charge is 2.14. The summed E-state index contributed by atoms with van der Waals surface area (Å²) < 4.78 is 0. The van der Waals surface area contributed by atoms with Crippen LogP contribution >= 0.6 is 0 Å². The van der Waals surface area contributed by atoms with Gasteiger partial charge in [-0.15, -0.1) is 0 Å². The number of aromatic hydroxyl groups is 1.